The van der Waals surface area contributed by atoms with Crippen LogP contribution in [0.15, 0.2) is 40.5 Å². The molecular formula is C21H30N6O6. The zero-order valence-corrected chi connectivity index (χ0v) is 18.2. The van der Waals surface area contributed by atoms with Gasteiger partial charge in [-0.15, -0.1) is 0 Å². The van der Waals surface area contributed by atoms with Gasteiger partial charge >= 0.3 is 12.1 Å². The first-order valence-electron chi connectivity index (χ1n) is 10.6. The summed E-state index contributed by atoms with van der Waals surface area (Å²) < 4.78 is 5.01. The van der Waals surface area contributed by atoms with Crippen LogP contribution in [0.5, 0.6) is 0 Å². The number of carboxylic acid groups (broad SMARTS) is 1. The Bertz CT molecular complexity index is 856. The fourth-order valence-electron chi connectivity index (χ4n) is 2.98. The maximum atomic E-state index is 12.1. The lowest BCUT2D eigenvalue weighted by atomic mass is 10.0. The summed E-state index contributed by atoms with van der Waals surface area (Å²) in [6.45, 7) is 0.241. The van der Waals surface area contributed by atoms with E-state index in [1.54, 1.807) is 24.3 Å². The maximum Gasteiger partial charge on any atom is 0.408 e. The number of guanidine groups is 1. The molecule has 2 atom stereocenters. The number of oxime groups is 1. The number of carbonyl (C=O) groups is 3. The molecule has 0 fully saturated rings. The number of rotatable bonds is 13. The Balaban J connectivity index is 1.63. The van der Waals surface area contributed by atoms with Gasteiger partial charge in [-0.05, 0) is 24.8 Å². The average molecular weight is 463 g/mol. The molecule has 1 heterocycles. The highest BCUT2D eigenvalue weighted by Crippen LogP contribution is 2.18. The fourth-order valence-corrected chi connectivity index (χ4v) is 2.98. The summed E-state index contributed by atoms with van der Waals surface area (Å²) in [5.74, 6) is -1.59. The molecule has 0 aromatic heterocycles. The van der Waals surface area contributed by atoms with E-state index in [1.165, 1.54) is 0 Å². The molecule has 2 rings (SSSR count). The van der Waals surface area contributed by atoms with E-state index in [0.717, 1.165) is 17.7 Å². The molecule has 0 radical (unpaired) electrons. The number of nitrogens with one attached hydrogen (secondary N) is 2. The minimum Gasteiger partial charge on any atom is -0.480 e. The zero-order chi connectivity index (χ0) is 24.1. The summed E-state index contributed by atoms with van der Waals surface area (Å²) in [6, 6.07) is 7.65. The van der Waals surface area contributed by atoms with Gasteiger partial charge in [-0.25, -0.2) is 9.59 Å². The molecule has 0 saturated carbocycles. The number of aliphatic imine (C=N–C) groups is 1. The van der Waals surface area contributed by atoms with Gasteiger partial charge in [0, 0.05) is 25.9 Å². The predicted molar refractivity (Wildman–Crippen MR) is 120 cm³/mol. The number of hydrogen-bond acceptors (Lipinski definition) is 7. The summed E-state index contributed by atoms with van der Waals surface area (Å²) in [6.07, 6.45) is 1.51. The molecule has 0 bridgehead atoms. The van der Waals surface area contributed by atoms with E-state index in [0.29, 0.717) is 25.8 Å². The Morgan fingerprint density at radius 2 is 2.03 bits per heavy atom. The van der Waals surface area contributed by atoms with Crippen molar-refractivity contribution in [2.45, 2.75) is 50.9 Å². The van der Waals surface area contributed by atoms with Crippen LogP contribution in [0.25, 0.3) is 0 Å². The SMILES string of the molecule is NC(N)=NCCCC1=NOC(CCC(=O)NC[C@H](NC(=O)OCc2ccccc2)C(=O)O)C1. The van der Waals surface area contributed by atoms with Gasteiger partial charge in [0.05, 0.1) is 5.71 Å². The number of carbonyl (C=O) groups excluding carboxylic acids is 2. The minimum atomic E-state index is -1.32. The molecule has 33 heavy (non-hydrogen) atoms. The summed E-state index contributed by atoms with van der Waals surface area (Å²) in [7, 11) is 0. The van der Waals surface area contributed by atoms with Crippen LogP contribution < -0.4 is 22.1 Å². The van der Waals surface area contributed by atoms with Gasteiger partial charge in [0.2, 0.25) is 5.91 Å². The monoisotopic (exact) mass is 462 g/mol. The molecule has 1 unspecified atom stereocenters. The molecule has 12 heteroatoms. The van der Waals surface area contributed by atoms with E-state index in [9.17, 15) is 19.5 Å². The molecule has 0 aliphatic carbocycles. The van der Waals surface area contributed by atoms with Crippen molar-refractivity contribution in [3.8, 4) is 0 Å². The zero-order valence-electron chi connectivity index (χ0n) is 18.2. The molecular weight excluding hydrogens is 432 g/mol. The highest BCUT2D eigenvalue weighted by atomic mass is 16.6. The largest absolute Gasteiger partial charge is 0.480 e. The highest BCUT2D eigenvalue weighted by Gasteiger charge is 2.24. The lowest BCUT2D eigenvalue weighted by molar-refractivity contribution is -0.139. The summed E-state index contributed by atoms with van der Waals surface area (Å²) in [5.41, 5.74) is 12.2. The third kappa shape index (κ3) is 10.4. The number of nitrogens with zero attached hydrogens (tertiary/aromatic N) is 2. The Hall–Kier alpha value is -3.83. The van der Waals surface area contributed by atoms with Crippen LogP contribution in [-0.2, 0) is 25.8 Å². The second-order valence-corrected chi connectivity index (χ2v) is 7.44. The molecule has 1 aromatic rings. The quantitative estimate of drug-likeness (QED) is 0.159. The first-order valence-corrected chi connectivity index (χ1v) is 10.6. The normalized spacial score (nSPS) is 15.5. The molecule has 0 saturated heterocycles. The van der Waals surface area contributed by atoms with Crippen LogP contribution in [0, 0.1) is 0 Å². The van der Waals surface area contributed by atoms with Crippen LogP contribution in [0.1, 0.15) is 37.7 Å². The maximum absolute atomic E-state index is 12.1. The van der Waals surface area contributed by atoms with Gasteiger partial charge in [0.25, 0.3) is 0 Å². The van der Waals surface area contributed by atoms with E-state index in [-0.39, 0.29) is 37.5 Å². The highest BCUT2D eigenvalue weighted by molar-refractivity contribution is 5.85. The van der Waals surface area contributed by atoms with Crippen molar-refractivity contribution in [1.82, 2.24) is 10.6 Å². The predicted octanol–water partition coefficient (Wildman–Crippen LogP) is 0.461. The van der Waals surface area contributed by atoms with Gasteiger partial charge in [0.15, 0.2) is 5.96 Å². The second-order valence-electron chi connectivity index (χ2n) is 7.44. The Kier molecular flexibility index (Phi) is 10.4. The third-order valence-electron chi connectivity index (χ3n) is 4.71. The molecule has 12 nitrogen and oxygen atoms in total. The van der Waals surface area contributed by atoms with E-state index >= 15 is 0 Å². The molecule has 1 aliphatic heterocycles. The number of aliphatic carboxylic acids is 1. The lowest BCUT2D eigenvalue weighted by Gasteiger charge is -2.16. The van der Waals surface area contributed by atoms with Crippen LogP contribution in [0.2, 0.25) is 0 Å². The van der Waals surface area contributed by atoms with Crippen molar-refractivity contribution < 1.29 is 29.1 Å². The Labute approximate surface area is 191 Å². The van der Waals surface area contributed by atoms with E-state index in [4.69, 9.17) is 21.0 Å². The van der Waals surface area contributed by atoms with E-state index < -0.39 is 18.1 Å². The third-order valence-corrected chi connectivity index (χ3v) is 4.71. The number of carboxylic acids is 1. The topological polar surface area (TPSA) is 191 Å². The number of amides is 2. The van der Waals surface area contributed by atoms with Crippen molar-refractivity contribution in [2.24, 2.45) is 21.6 Å². The van der Waals surface area contributed by atoms with Crippen LogP contribution in [0.4, 0.5) is 4.79 Å². The van der Waals surface area contributed by atoms with Crippen molar-refractivity contribution in [3.63, 3.8) is 0 Å². The molecule has 1 aliphatic rings. The summed E-state index contributed by atoms with van der Waals surface area (Å²) in [4.78, 5) is 44.6. The lowest BCUT2D eigenvalue weighted by Crippen LogP contribution is -2.48. The number of ether oxygens (including phenoxy) is 1. The molecule has 180 valence electrons. The first kappa shape index (κ1) is 25.4. The average Bonchev–Trinajstić information content (AvgIpc) is 3.25. The Morgan fingerprint density at radius 1 is 1.27 bits per heavy atom. The van der Waals surface area contributed by atoms with Crippen molar-refractivity contribution >= 4 is 29.6 Å². The van der Waals surface area contributed by atoms with Gasteiger partial charge in [-0.2, -0.15) is 0 Å². The van der Waals surface area contributed by atoms with Crippen LogP contribution in [0.3, 0.4) is 0 Å². The molecule has 7 N–H and O–H groups in total. The molecule has 0 spiro atoms. The minimum absolute atomic E-state index is 0.00507. The number of nitrogens with two attached hydrogens (primary N) is 2. The summed E-state index contributed by atoms with van der Waals surface area (Å²) in [5, 5.41) is 18.1. The number of hydrogen-bond donors (Lipinski definition) is 5. The van der Waals surface area contributed by atoms with Crippen LogP contribution in [-0.4, -0.2) is 60.0 Å². The molecule has 2 amide bonds. The fraction of sp³-hybridized carbons (Fsp3) is 0.476. The Morgan fingerprint density at radius 3 is 2.73 bits per heavy atom. The molecule has 1 aromatic carbocycles. The van der Waals surface area contributed by atoms with Gasteiger partial charge in [0.1, 0.15) is 18.8 Å². The number of alkyl carbamates (subject to hydrolysis) is 1. The van der Waals surface area contributed by atoms with Gasteiger partial charge in [-0.1, -0.05) is 35.5 Å². The van der Waals surface area contributed by atoms with E-state index in [1.807, 2.05) is 6.07 Å². The number of benzene rings is 1. The van der Waals surface area contributed by atoms with Gasteiger partial charge < -0.3 is 36.8 Å². The van der Waals surface area contributed by atoms with Gasteiger partial charge in [-0.3, -0.25) is 9.79 Å². The van der Waals surface area contributed by atoms with Crippen molar-refractivity contribution in [1.29, 1.82) is 0 Å². The van der Waals surface area contributed by atoms with Crippen molar-refractivity contribution in [3.05, 3.63) is 35.9 Å². The first-order chi connectivity index (χ1) is 15.8. The second kappa shape index (κ2) is 13.6. The van der Waals surface area contributed by atoms with Crippen LogP contribution >= 0.6 is 0 Å². The standard InChI is InChI=1S/C21H30N6O6/c22-20(23)24-10-4-7-15-11-16(33-27-15)8-9-18(28)25-12-17(19(29)30)26-21(31)32-13-14-5-2-1-3-6-14/h1-3,5-6,16-17H,4,7-13H2,(H,25,28)(H,26,31)(H,29,30)(H4,22,23,24)/t16?,17-/m0/s1. The summed E-state index contributed by atoms with van der Waals surface area (Å²) >= 11 is 0. The van der Waals surface area contributed by atoms with E-state index in [2.05, 4.69) is 20.8 Å². The smallest absolute Gasteiger partial charge is 0.408 e. The van der Waals surface area contributed by atoms with Crippen molar-refractivity contribution in [2.75, 3.05) is 13.1 Å².